The minimum absolute atomic E-state index is 0.228. The third-order valence-electron chi connectivity index (χ3n) is 3.20. The lowest BCUT2D eigenvalue weighted by Gasteiger charge is -2.37. The van der Waals surface area contributed by atoms with Crippen LogP contribution in [0.3, 0.4) is 0 Å². The molecule has 0 heterocycles. The Morgan fingerprint density at radius 2 is 2.00 bits per heavy atom. The van der Waals surface area contributed by atoms with E-state index in [9.17, 15) is 0 Å². The van der Waals surface area contributed by atoms with Crippen LogP contribution in [0.15, 0.2) is 30.3 Å². The predicted octanol–water partition coefficient (Wildman–Crippen LogP) is 1.90. The van der Waals surface area contributed by atoms with Crippen molar-refractivity contribution in [2.45, 2.75) is 37.8 Å². The number of hydrogen-bond acceptors (Lipinski definition) is 2. The van der Waals surface area contributed by atoms with Gasteiger partial charge in [-0.05, 0) is 31.2 Å². The van der Waals surface area contributed by atoms with Gasteiger partial charge in [0, 0.05) is 12.1 Å². The average molecular weight is 205 g/mol. The summed E-state index contributed by atoms with van der Waals surface area (Å²) in [5.74, 6) is 0.717. The first kappa shape index (κ1) is 10.7. The van der Waals surface area contributed by atoms with Gasteiger partial charge in [-0.2, -0.15) is 0 Å². The Hall–Kier alpha value is -0.860. The van der Waals surface area contributed by atoms with Crippen molar-refractivity contribution in [3.63, 3.8) is 0 Å². The van der Waals surface area contributed by atoms with E-state index in [0.29, 0.717) is 6.04 Å². The maximum atomic E-state index is 8.92. The third kappa shape index (κ3) is 2.58. The van der Waals surface area contributed by atoms with Crippen molar-refractivity contribution in [1.29, 1.82) is 0 Å². The van der Waals surface area contributed by atoms with E-state index in [1.165, 1.54) is 18.4 Å². The molecule has 0 spiro atoms. The van der Waals surface area contributed by atoms with E-state index in [-0.39, 0.29) is 12.6 Å². The van der Waals surface area contributed by atoms with Gasteiger partial charge in [0.2, 0.25) is 0 Å². The number of aliphatic hydroxyl groups is 1. The molecule has 15 heavy (non-hydrogen) atoms. The van der Waals surface area contributed by atoms with E-state index in [4.69, 9.17) is 5.11 Å². The fourth-order valence-corrected chi connectivity index (χ4v) is 2.21. The zero-order valence-electron chi connectivity index (χ0n) is 9.19. The normalized spacial score (nSPS) is 27.1. The molecule has 1 atom stereocenters. The van der Waals surface area contributed by atoms with Crippen LogP contribution in [0.2, 0.25) is 0 Å². The van der Waals surface area contributed by atoms with Gasteiger partial charge < -0.3 is 10.4 Å². The Labute approximate surface area is 91.3 Å². The van der Waals surface area contributed by atoms with Gasteiger partial charge in [0.25, 0.3) is 0 Å². The van der Waals surface area contributed by atoms with E-state index >= 15 is 0 Å². The maximum absolute atomic E-state index is 8.92. The lowest BCUT2D eigenvalue weighted by Crippen LogP contribution is -2.45. The molecule has 1 aliphatic carbocycles. The summed E-state index contributed by atoms with van der Waals surface area (Å²) in [7, 11) is 0. The largest absolute Gasteiger partial charge is 0.395 e. The number of benzene rings is 1. The second kappa shape index (κ2) is 4.77. The Morgan fingerprint density at radius 3 is 2.60 bits per heavy atom. The van der Waals surface area contributed by atoms with Crippen LogP contribution in [0.5, 0.6) is 0 Å². The number of rotatable bonds is 4. The topological polar surface area (TPSA) is 32.3 Å². The Kier molecular flexibility index (Phi) is 3.39. The van der Waals surface area contributed by atoms with Gasteiger partial charge in [0.05, 0.1) is 6.61 Å². The van der Waals surface area contributed by atoms with Crippen molar-refractivity contribution >= 4 is 0 Å². The van der Waals surface area contributed by atoms with Gasteiger partial charge >= 0.3 is 0 Å². The molecule has 1 saturated carbocycles. The van der Waals surface area contributed by atoms with E-state index < -0.39 is 0 Å². The minimum atomic E-state index is 0.228. The summed E-state index contributed by atoms with van der Waals surface area (Å²) in [6, 6.07) is 11.5. The SMILES string of the molecule is C[C@H](CO)NC1CC(c2ccccc2)C1. The maximum Gasteiger partial charge on any atom is 0.0582 e. The molecule has 2 heteroatoms. The van der Waals surface area contributed by atoms with Crippen LogP contribution in [0, 0.1) is 0 Å². The van der Waals surface area contributed by atoms with E-state index in [2.05, 4.69) is 35.6 Å². The van der Waals surface area contributed by atoms with Crippen molar-refractivity contribution in [2.75, 3.05) is 6.61 Å². The van der Waals surface area contributed by atoms with Gasteiger partial charge in [0.1, 0.15) is 0 Å². The van der Waals surface area contributed by atoms with E-state index in [0.717, 1.165) is 5.92 Å². The second-order valence-electron chi connectivity index (χ2n) is 4.53. The molecule has 0 bridgehead atoms. The summed E-state index contributed by atoms with van der Waals surface area (Å²) in [4.78, 5) is 0. The molecule has 2 nitrogen and oxygen atoms in total. The molecule has 0 radical (unpaired) electrons. The van der Waals surface area contributed by atoms with Crippen molar-refractivity contribution in [3.05, 3.63) is 35.9 Å². The number of aliphatic hydroxyl groups excluding tert-OH is 1. The molecular formula is C13H19NO. The first-order valence-electron chi connectivity index (χ1n) is 5.71. The molecule has 2 rings (SSSR count). The lowest BCUT2D eigenvalue weighted by molar-refractivity contribution is 0.204. The zero-order chi connectivity index (χ0) is 10.7. The third-order valence-corrected chi connectivity index (χ3v) is 3.20. The van der Waals surface area contributed by atoms with Crippen molar-refractivity contribution in [1.82, 2.24) is 5.32 Å². The zero-order valence-corrected chi connectivity index (χ0v) is 9.19. The summed E-state index contributed by atoms with van der Waals surface area (Å²) >= 11 is 0. The standard InChI is InChI=1S/C13H19NO/c1-10(9-15)14-13-7-12(8-13)11-5-3-2-4-6-11/h2-6,10,12-15H,7-9H2,1H3/t10-,12?,13?/m1/s1. The highest BCUT2D eigenvalue weighted by Crippen LogP contribution is 2.36. The Bertz CT molecular complexity index is 293. The highest BCUT2D eigenvalue weighted by atomic mass is 16.3. The molecule has 1 aromatic rings. The van der Waals surface area contributed by atoms with Gasteiger partial charge in [-0.15, -0.1) is 0 Å². The predicted molar refractivity (Wildman–Crippen MR) is 61.9 cm³/mol. The highest BCUT2D eigenvalue weighted by molar-refractivity contribution is 5.22. The van der Waals surface area contributed by atoms with E-state index in [1.807, 2.05) is 6.92 Å². The minimum Gasteiger partial charge on any atom is -0.395 e. The van der Waals surface area contributed by atoms with Crippen molar-refractivity contribution in [2.24, 2.45) is 0 Å². The quantitative estimate of drug-likeness (QED) is 0.787. The molecule has 0 aliphatic heterocycles. The van der Waals surface area contributed by atoms with E-state index in [1.54, 1.807) is 0 Å². The van der Waals surface area contributed by atoms with Crippen molar-refractivity contribution in [3.8, 4) is 0 Å². The summed E-state index contributed by atoms with van der Waals surface area (Å²) in [6.07, 6.45) is 2.41. The summed E-state index contributed by atoms with van der Waals surface area (Å²) in [5.41, 5.74) is 1.45. The number of nitrogens with one attached hydrogen (secondary N) is 1. The summed E-state index contributed by atoms with van der Waals surface area (Å²) in [6.45, 7) is 2.25. The van der Waals surface area contributed by atoms with Crippen LogP contribution in [0.4, 0.5) is 0 Å². The fraction of sp³-hybridized carbons (Fsp3) is 0.538. The molecule has 0 aromatic heterocycles. The Balaban J connectivity index is 1.79. The molecule has 1 aliphatic rings. The first-order valence-corrected chi connectivity index (χ1v) is 5.71. The molecule has 1 fully saturated rings. The molecule has 82 valence electrons. The molecule has 0 amide bonds. The average Bonchev–Trinajstić information content (AvgIpc) is 2.23. The van der Waals surface area contributed by atoms with Crippen LogP contribution in [-0.4, -0.2) is 23.8 Å². The van der Waals surface area contributed by atoms with Gasteiger partial charge in [0.15, 0.2) is 0 Å². The molecule has 2 N–H and O–H groups in total. The molecular weight excluding hydrogens is 186 g/mol. The second-order valence-corrected chi connectivity index (χ2v) is 4.53. The number of hydrogen-bond donors (Lipinski definition) is 2. The first-order chi connectivity index (χ1) is 7.29. The van der Waals surface area contributed by atoms with Gasteiger partial charge in [-0.1, -0.05) is 30.3 Å². The van der Waals surface area contributed by atoms with Crippen LogP contribution >= 0.6 is 0 Å². The van der Waals surface area contributed by atoms with Crippen molar-refractivity contribution < 1.29 is 5.11 Å². The van der Waals surface area contributed by atoms with Gasteiger partial charge in [-0.25, -0.2) is 0 Å². The molecule has 0 unspecified atom stereocenters. The fourth-order valence-electron chi connectivity index (χ4n) is 2.21. The monoisotopic (exact) mass is 205 g/mol. The molecule has 0 saturated heterocycles. The highest BCUT2D eigenvalue weighted by Gasteiger charge is 2.30. The van der Waals surface area contributed by atoms with Crippen LogP contribution in [0.1, 0.15) is 31.2 Å². The summed E-state index contributed by atoms with van der Waals surface area (Å²) in [5, 5.41) is 12.3. The smallest absolute Gasteiger partial charge is 0.0582 e. The lowest BCUT2D eigenvalue weighted by atomic mass is 9.75. The van der Waals surface area contributed by atoms with Gasteiger partial charge in [-0.3, -0.25) is 0 Å². The summed E-state index contributed by atoms with van der Waals surface area (Å²) < 4.78 is 0. The molecule has 1 aromatic carbocycles. The van der Waals surface area contributed by atoms with Crippen LogP contribution < -0.4 is 5.32 Å². The van der Waals surface area contributed by atoms with Crippen LogP contribution in [0.25, 0.3) is 0 Å². The van der Waals surface area contributed by atoms with Crippen LogP contribution in [-0.2, 0) is 0 Å². The Morgan fingerprint density at radius 1 is 1.33 bits per heavy atom.